The Bertz CT molecular complexity index is 494. The molecule has 3 rings (SSSR count). The number of carbonyl (C=O) groups is 1. The lowest BCUT2D eigenvalue weighted by molar-refractivity contribution is -0.136. The number of rotatable bonds is 2. The van der Waals surface area contributed by atoms with Crippen molar-refractivity contribution in [2.24, 2.45) is 5.92 Å². The van der Waals surface area contributed by atoms with Gasteiger partial charge >= 0.3 is 0 Å². The maximum atomic E-state index is 12.5. The van der Waals surface area contributed by atoms with Gasteiger partial charge in [-0.25, -0.2) is 0 Å². The van der Waals surface area contributed by atoms with Gasteiger partial charge < -0.3 is 15.1 Å². The van der Waals surface area contributed by atoms with E-state index in [0.29, 0.717) is 5.91 Å². The number of nitrogens with one attached hydrogen (secondary N) is 1. The van der Waals surface area contributed by atoms with E-state index in [9.17, 15) is 4.79 Å². The lowest BCUT2D eigenvalue weighted by atomic mass is 9.96. The van der Waals surface area contributed by atoms with Gasteiger partial charge in [0.25, 0.3) is 0 Å². The van der Waals surface area contributed by atoms with Crippen molar-refractivity contribution in [3.05, 3.63) is 29.3 Å². The molecule has 1 N–H and O–H groups in total. The molecule has 2 saturated heterocycles. The first-order chi connectivity index (χ1) is 10.2. The number of benzene rings is 1. The fourth-order valence-electron chi connectivity index (χ4n) is 3.18. The van der Waals surface area contributed by atoms with Gasteiger partial charge in [-0.1, -0.05) is 17.7 Å². The fourth-order valence-corrected chi connectivity index (χ4v) is 3.37. The molecule has 0 aliphatic carbocycles. The molecule has 5 heteroatoms. The van der Waals surface area contributed by atoms with Crippen molar-refractivity contribution in [2.45, 2.75) is 12.8 Å². The highest BCUT2D eigenvalue weighted by molar-refractivity contribution is 6.30. The van der Waals surface area contributed by atoms with E-state index in [4.69, 9.17) is 11.6 Å². The van der Waals surface area contributed by atoms with Crippen LogP contribution in [0, 0.1) is 5.92 Å². The van der Waals surface area contributed by atoms with Crippen LogP contribution >= 0.6 is 11.6 Å². The summed E-state index contributed by atoms with van der Waals surface area (Å²) in [6.45, 7) is 5.34. The third-order valence-corrected chi connectivity index (χ3v) is 4.69. The third kappa shape index (κ3) is 3.50. The number of halogens is 1. The van der Waals surface area contributed by atoms with Crippen LogP contribution in [0.1, 0.15) is 12.8 Å². The molecule has 0 radical (unpaired) electrons. The number of piperazine rings is 1. The van der Waals surface area contributed by atoms with E-state index < -0.39 is 0 Å². The van der Waals surface area contributed by atoms with E-state index in [1.54, 1.807) is 0 Å². The fraction of sp³-hybridized carbons (Fsp3) is 0.562. The number of amides is 1. The van der Waals surface area contributed by atoms with Crippen LogP contribution in [0.4, 0.5) is 5.69 Å². The van der Waals surface area contributed by atoms with Crippen molar-refractivity contribution < 1.29 is 4.79 Å². The number of anilines is 1. The zero-order valence-electron chi connectivity index (χ0n) is 12.2. The predicted molar refractivity (Wildman–Crippen MR) is 85.8 cm³/mol. The molecule has 1 aromatic carbocycles. The number of hydrogen-bond acceptors (Lipinski definition) is 3. The normalized spacial score (nSPS) is 20.6. The SMILES string of the molecule is O=C(C1CCNCC1)N1CCN(c2cccc(Cl)c2)CC1. The first-order valence-corrected chi connectivity index (χ1v) is 8.12. The van der Waals surface area contributed by atoms with E-state index in [1.807, 2.05) is 23.1 Å². The predicted octanol–water partition coefficient (Wildman–Crippen LogP) is 1.99. The molecule has 0 unspecified atom stereocenters. The summed E-state index contributed by atoms with van der Waals surface area (Å²) in [5.74, 6) is 0.575. The van der Waals surface area contributed by atoms with Gasteiger partial charge in [-0.2, -0.15) is 0 Å². The highest BCUT2D eigenvalue weighted by Gasteiger charge is 2.28. The van der Waals surface area contributed by atoms with Gasteiger partial charge in [-0.3, -0.25) is 4.79 Å². The minimum Gasteiger partial charge on any atom is -0.368 e. The molecule has 4 nitrogen and oxygen atoms in total. The van der Waals surface area contributed by atoms with Crippen molar-refractivity contribution >= 4 is 23.2 Å². The van der Waals surface area contributed by atoms with Crippen LogP contribution in [0.5, 0.6) is 0 Å². The number of piperidine rings is 1. The maximum absolute atomic E-state index is 12.5. The molecule has 0 saturated carbocycles. The largest absolute Gasteiger partial charge is 0.368 e. The summed E-state index contributed by atoms with van der Waals surface area (Å²) in [4.78, 5) is 16.9. The van der Waals surface area contributed by atoms with E-state index >= 15 is 0 Å². The van der Waals surface area contributed by atoms with Crippen molar-refractivity contribution in [2.75, 3.05) is 44.2 Å². The third-order valence-electron chi connectivity index (χ3n) is 4.45. The Hall–Kier alpha value is -1.26. The molecule has 2 heterocycles. The van der Waals surface area contributed by atoms with Crippen molar-refractivity contribution in [1.82, 2.24) is 10.2 Å². The van der Waals surface area contributed by atoms with Gasteiger partial charge in [0.05, 0.1) is 0 Å². The van der Waals surface area contributed by atoms with Gasteiger partial charge in [0.2, 0.25) is 5.91 Å². The molecule has 1 amide bonds. The molecular weight excluding hydrogens is 286 g/mol. The summed E-state index contributed by atoms with van der Waals surface area (Å²) in [5, 5.41) is 4.08. The van der Waals surface area contributed by atoms with Crippen LogP contribution < -0.4 is 10.2 Å². The van der Waals surface area contributed by atoms with Crippen LogP contribution in [-0.2, 0) is 4.79 Å². The lowest BCUT2D eigenvalue weighted by Crippen LogP contribution is -2.51. The average Bonchev–Trinajstić information content (AvgIpc) is 2.55. The van der Waals surface area contributed by atoms with E-state index in [-0.39, 0.29) is 5.92 Å². The van der Waals surface area contributed by atoms with Crippen LogP contribution in [0.25, 0.3) is 0 Å². The molecule has 0 bridgehead atoms. The smallest absolute Gasteiger partial charge is 0.225 e. The van der Waals surface area contributed by atoms with Gasteiger partial charge in [0, 0.05) is 42.8 Å². The standard InChI is InChI=1S/C16H22ClN3O/c17-14-2-1-3-15(12-14)19-8-10-20(11-9-19)16(21)13-4-6-18-7-5-13/h1-3,12-13,18H,4-11H2. The monoisotopic (exact) mass is 307 g/mol. The highest BCUT2D eigenvalue weighted by atomic mass is 35.5. The zero-order chi connectivity index (χ0) is 14.7. The quantitative estimate of drug-likeness (QED) is 0.907. The molecule has 0 spiro atoms. The van der Waals surface area contributed by atoms with Crippen molar-refractivity contribution in [3.63, 3.8) is 0 Å². The second-order valence-corrected chi connectivity index (χ2v) is 6.25. The maximum Gasteiger partial charge on any atom is 0.225 e. The molecule has 0 aromatic heterocycles. The first kappa shape index (κ1) is 14.7. The van der Waals surface area contributed by atoms with Gasteiger partial charge in [-0.15, -0.1) is 0 Å². The molecule has 114 valence electrons. The minimum atomic E-state index is 0.226. The topological polar surface area (TPSA) is 35.6 Å². The second kappa shape index (κ2) is 6.67. The van der Waals surface area contributed by atoms with Crippen molar-refractivity contribution in [3.8, 4) is 0 Å². The van der Waals surface area contributed by atoms with Gasteiger partial charge in [-0.05, 0) is 44.1 Å². The molecule has 2 fully saturated rings. The summed E-state index contributed by atoms with van der Waals surface area (Å²) in [7, 11) is 0. The number of carbonyl (C=O) groups excluding carboxylic acids is 1. The summed E-state index contributed by atoms with van der Waals surface area (Å²) >= 11 is 6.05. The number of hydrogen-bond donors (Lipinski definition) is 1. The Morgan fingerprint density at radius 3 is 2.52 bits per heavy atom. The van der Waals surface area contributed by atoms with Crippen LogP contribution in [-0.4, -0.2) is 50.1 Å². The highest BCUT2D eigenvalue weighted by Crippen LogP contribution is 2.22. The Morgan fingerprint density at radius 2 is 1.86 bits per heavy atom. The summed E-state index contributed by atoms with van der Waals surface area (Å²) < 4.78 is 0. The Kier molecular flexibility index (Phi) is 4.66. The molecule has 2 aliphatic rings. The van der Waals surface area contributed by atoms with Crippen LogP contribution in [0.2, 0.25) is 5.02 Å². The van der Waals surface area contributed by atoms with Gasteiger partial charge in [0.1, 0.15) is 0 Å². The summed E-state index contributed by atoms with van der Waals surface area (Å²) in [5.41, 5.74) is 1.15. The molecule has 2 aliphatic heterocycles. The Morgan fingerprint density at radius 1 is 1.14 bits per heavy atom. The second-order valence-electron chi connectivity index (χ2n) is 5.82. The average molecular weight is 308 g/mol. The zero-order valence-corrected chi connectivity index (χ0v) is 13.0. The van der Waals surface area contributed by atoms with Crippen LogP contribution in [0.3, 0.4) is 0 Å². The summed E-state index contributed by atoms with van der Waals surface area (Å²) in [6, 6.07) is 7.94. The van der Waals surface area contributed by atoms with Crippen LogP contribution in [0.15, 0.2) is 24.3 Å². The molecule has 0 atom stereocenters. The number of nitrogens with zero attached hydrogens (tertiary/aromatic N) is 2. The Balaban J connectivity index is 1.56. The first-order valence-electron chi connectivity index (χ1n) is 7.74. The molecule has 1 aromatic rings. The molecule has 21 heavy (non-hydrogen) atoms. The van der Waals surface area contributed by atoms with Gasteiger partial charge in [0.15, 0.2) is 0 Å². The van der Waals surface area contributed by atoms with E-state index in [2.05, 4.69) is 16.3 Å². The van der Waals surface area contributed by atoms with E-state index in [0.717, 1.165) is 62.8 Å². The summed E-state index contributed by atoms with van der Waals surface area (Å²) in [6.07, 6.45) is 1.96. The minimum absolute atomic E-state index is 0.226. The van der Waals surface area contributed by atoms with Crippen molar-refractivity contribution in [1.29, 1.82) is 0 Å². The lowest BCUT2D eigenvalue weighted by Gasteiger charge is -2.38. The van der Waals surface area contributed by atoms with E-state index in [1.165, 1.54) is 0 Å². The Labute approximate surface area is 131 Å². The molecular formula is C16H22ClN3O.